The molecule has 1 aliphatic rings. The summed E-state index contributed by atoms with van der Waals surface area (Å²) >= 11 is 0. The van der Waals surface area contributed by atoms with Crippen molar-refractivity contribution in [1.82, 2.24) is 5.32 Å². The largest absolute Gasteiger partial charge is 0.497 e. The molecule has 1 saturated heterocycles. The first-order valence-corrected chi connectivity index (χ1v) is 6.67. The Hall–Kier alpha value is -1.22. The van der Waals surface area contributed by atoms with Crippen LogP contribution >= 0.6 is 0 Å². The molecule has 1 aromatic carbocycles. The van der Waals surface area contributed by atoms with Gasteiger partial charge in [-0.05, 0) is 38.0 Å². The molecule has 3 nitrogen and oxygen atoms in total. The highest BCUT2D eigenvalue weighted by Gasteiger charge is 2.33. The first-order valence-electron chi connectivity index (χ1n) is 6.67. The summed E-state index contributed by atoms with van der Waals surface area (Å²) in [4.78, 5) is 0. The molecule has 18 heavy (non-hydrogen) atoms. The summed E-state index contributed by atoms with van der Waals surface area (Å²) in [6, 6.07) is 7.17. The van der Waals surface area contributed by atoms with E-state index in [1.54, 1.807) is 14.2 Å². The van der Waals surface area contributed by atoms with E-state index in [4.69, 9.17) is 9.47 Å². The lowest BCUT2D eigenvalue weighted by Gasteiger charge is -2.21. The maximum atomic E-state index is 5.50. The lowest BCUT2D eigenvalue weighted by molar-refractivity contribution is 0.391. The summed E-state index contributed by atoms with van der Waals surface area (Å²) in [5.74, 6) is 2.38. The van der Waals surface area contributed by atoms with Crippen LogP contribution < -0.4 is 14.8 Å². The van der Waals surface area contributed by atoms with Crippen molar-refractivity contribution in [3.8, 4) is 11.5 Å². The van der Waals surface area contributed by atoms with Gasteiger partial charge in [0.25, 0.3) is 0 Å². The molecule has 0 spiro atoms. The quantitative estimate of drug-likeness (QED) is 0.890. The van der Waals surface area contributed by atoms with Gasteiger partial charge in [0.05, 0.1) is 14.2 Å². The zero-order chi connectivity index (χ0) is 13.1. The van der Waals surface area contributed by atoms with Crippen LogP contribution in [-0.2, 0) is 0 Å². The SMILES string of the molecule is CCC1NC(C)CC1c1cc(OC)ccc1OC. The second kappa shape index (κ2) is 5.61. The third kappa shape index (κ3) is 2.46. The molecule has 1 N–H and O–H groups in total. The summed E-state index contributed by atoms with van der Waals surface area (Å²) < 4.78 is 10.8. The van der Waals surface area contributed by atoms with Gasteiger partial charge in [0, 0.05) is 23.6 Å². The van der Waals surface area contributed by atoms with Crippen LogP contribution in [0.1, 0.15) is 38.2 Å². The van der Waals surface area contributed by atoms with E-state index < -0.39 is 0 Å². The second-order valence-electron chi connectivity index (χ2n) is 5.03. The predicted molar refractivity (Wildman–Crippen MR) is 73.6 cm³/mol. The fourth-order valence-corrected chi connectivity index (χ4v) is 2.97. The van der Waals surface area contributed by atoms with Gasteiger partial charge in [-0.1, -0.05) is 6.92 Å². The van der Waals surface area contributed by atoms with Crippen LogP contribution in [0.25, 0.3) is 0 Å². The Labute approximate surface area is 109 Å². The predicted octanol–water partition coefficient (Wildman–Crippen LogP) is 2.95. The summed E-state index contributed by atoms with van der Waals surface area (Å²) in [5.41, 5.74) is 1.26. The van der Waals surface area contributed by atoms with Gasteiger partial charge < -0.3 is 14.8 Å². The zero-order valence-electron chi connectivity index (χ0n) is 11.7. The highest BCUT2D eigenvalue weighted by molar-refractivity contribution is 5.43. The standard InChI is InChI=1S/C15H23NO2/c1-5-14-12(8-10(2)16-14)13-9-11(17-3)6-7-15(13)18-4/h6-7,9-10,12,14,16H,5,8H2,1-4H3. The second-order valence-corrected chi connectivity index (χ2v) is 5.03. The number of nitrogens with one attached hydrogen (secondary N) is 1. The number of benzene rings is 1. The van der Waals surface area contributed by atoms with E-state index >= 15 is 0 Å². The van der Waals surface area contributed by atoms with Crippen molar-refractivity contribution in [2.24, 2.45) is 0 Å². The van der Waals surface area contributed by atoms with Crippen LogP contribution in [0.4, 0.5) is 0 Å². The fraction of sp³-hybridized carbons (Fsp3) is 0.600. The third-order valence-corrected chi connectivity index (χ3v) is 3.87. The van der Waals surface area contributed by atoms with E-state index in [0.717, 1.165) is 24.3 Å². The molecule has 0 aromatic heterocycles. The normalized spacial score (nSPS) is 27.2. The molecule has 0 saturated carbocycles. The molecule has 2 rings (SSSR count). The monoisotopic (exact) mass is 249 g/mol. The van der Waals surface area contributed by atoms with Gasteiger partial charge >= 0.3 is 0 Å². The van der Waals surface area contributed by atoms with Crippen LogP contribution in [0.5, 0.6) is 11.5 Å². The average Bonchev–Trinajstić information content (AvgIpc) is 2.79. The van der Waals surface area contributed by atoms with Gasteiger partial charge in [0.2, 0.25) is 0 Å². The number of methoxy groups -OCH3 is 2. The summed E-state index contributed by atoms with van der Waals surface area (Å²) in [5, 5.41) is 3.64. The highest BCUT2D eigenvalue weighted by Crippen LogP contribution is 2.39. The van der Waals surface area contributed by atoms with Gasteiger partial charge in [-0.2, -0.15) is 0 Å². The molecule has 1 aromatic rings. The first-order chi connectivity index (χ1) is 8.69. The Morgan fingerprint density at radius 2 is 2.06 bits per heavy atom. The molecule has 1 heterocycles. The number of hydrogen-bond acceptors (Lipinski definition) is 3. The maximum absolute atomic E-state index is 5.50. The highest BCUT2D eigenvalue weighted by atomic mass is 16.5. The van der Waals surface area contributed by atoms with Crippen LogP contribution in [-0.4, -0.2) is 26.3 Å². The Bertz CT molecular complexity index is 405. The molecule has 1 fully saturated rings. The number of hydrogen-bond donors (Lipinski definition) is 1. The number of rotatable bonds is 4. The van der Waals surface area contributed by atoms with E-state index in [1.165, 1.54) is 5.56 Å². The van der Waals surface area contributed by atoms with E-state index in [0.29, 0.717) is 18.0 Å². The smallest absolute Gasteiger partial charge is 0.122 e. The maximum Gasteiger partial charge on any atom is 0.122 e. The van der Waals surface area contributed by atoms with Crippen molar-refractivity contribution in [3.05, 3.63) is 23.8 Å². The lowest BCUT2D eigenvalue weighted by Crippen LogP contribution is -2.28. The summed E-state index contributed by atoms with van der Waals surface area (Å²) in [7, 11) is 3.44. The molecule has 3 atom stereocenters. The molecule has 0 aliphatic carbocycles. The third-order valence-electron chi connectivity index (χ3n) is 3.87. The number of ether oxygens (including phenoxy) is 2. The Kier molecular flexibility index (Phi) is 4.12. The minimum absolute atomic E-state index is 0.509. The topological polar surface area (TPSA) is 30.5 Å². The summed E-state index contributed by atoms with van der Waals surface area (Å²) in [6.07, 6.45) is 2.29. The van der Waals surface area contributed by atoms with E-state index in [9.17, 15) is 0 Å². The van der Waals surface area contributed by atoms with Crippen LogP contribution in [0, 0.1) is 0 Å². The molecule has 100 valence electrons. The van der Waals surface area contributed by atoms with Crippen molar-refractivity contribution in [3.63, 3.8) is 0 Å². The van der Waals surface area contributed by atoms with Crippen LogP contribution in [0.15, 0.2) is 18.2 Å². The van der Waals surface area contributed by atoms with E-state index in [2.05, 4.69) is 25.2 Å². The van der Waals surface area contributed by atoms with Crippen LogP contribution in [0.2, 0.25) is 0 Å². The fourth-order valence-electron chi connectivity index (χ4n) is 2.97. The van der Waals surface area contributed by atoms with Crippen molar-refractivity contribution in [2.45, 2.75) is 44.7 Å². The minimum Gasteiger partial charge on any atom is -0.497 e. The molecule has 0 amide bonds. The first kappa shape index (κ1) is 13.2. The van der Waals surface area contributed by atoms with Gasteiger partial charge in [-0.3, -0.25) is 0 Å². The molecule has 3 unspecified atom stereocenters. The van der Waals surface area contributed by atoms with Crippen molar-refractivity contribution in [2.75, 3.05) is 14.2 Å². The van der Waals surface area contributed by atoms with Crippen molar-refractivity contribution >= 4 is 0 Å². The van der Waals surface area contributed by atoms with Gasteiger partial charge in [0.1, 0.15) is 11.5 Å². The molecule has 1 aliphatic heterocycles. The van der Waals surface area contributed by atoms with E-state index in [1.807, 2.05) is 12.1 Å². The lowest BCUT2D eigenvalue weighted by atomic mass is 9.89. The molecular weight excluding hydrogens is 226 g/mol. The van der Waals surface area contributed by atoms with Crippen molar-refractivity contribution < 1.29 is 9.47 Å². The average molecular weight is 249 g/mol. The van der Waals surface area contributed by atoms with Gasteiger partial charge in [-0.15, -0.1) is 0 Å². The van der Waals surface area contributed by atoms with Crippen molar-refractivity contribution in [1.29, 1.82) is 0 Å². The zero-order valence-corrected chi connectivity index (χ0v) is 11.7. The molecular formula is C15H23NO2. The Balaban J connectivity index is 2.35. The summed E-state index contributed by atoms with van der Waals surface area (Å²) in [6.45, 7) is 4.48. The Morgan fingerprint density at radius 3 is 2.67 bits per heavy atom. The Morgan fingerprint density at radius 1 is 1.28 bits per heavy atom. The minimum atomic E-state index is 0.509. The molecule has 0 radical (unpaired) electrons. The molecule has 3 heteroatoms. The van der Waals surface area contributed by atoms with Crippen LogP contribution in [0.3, 0.4) is 0 Å². The van der Waals surface area contributed by atoms with E-state index in [-0.39, 0.29) is 0 Å². The molecule has 0 bridgehead atoms. The van der Waals surface area contributed by atoms with Gasteiger partial charge in [0.15, 0.2) is 0 Å². The van der Waals surface area contributed by atoms with Gasteiger partial charge in [-0.25, -0.2) is 0 Å².